The van der Waals surface area contributed by atoms with E-state index in [-0.39, 0.29) is 5.91 Å². The molecule has 0 spiro atoms. The van der Waals surface area contributed by atoms with Crippen molar-refractivity contribution in [1.29, 1.82) is 0 Å². The van der Waals surface area contributed by atoms with Crippen LogP contribution >= 0.6 is 0 Å². The van der Waals surface area contributed by atoms with Crippen LogP contribution in [0.5, 0.6) is 0 Å². The van der Waals surface area contributed by atoms with E-state index >= 15 is 0 Å². The highest BCUT2D eigenvalue weighted by Crippen LogP contribution is 2.16. The fraction of sp³-hybridized carbons (Fsp3) is 0.235. The number of ether oxygens (including phenoxy) is 1. The minimum atomic E-state index is -0.00428. The monoisotopic (exact) mass is 284 g/mol. The molecule has 4 heteroatoms. The summed E-state index contributed by atoms with van der Waals surface area (Å²) in [6, 6.07) is 15.2. The molecule has 0 saturated heterocycles. The van der Waals surface area contributed by atoms with Gasteiger partial charge in [0, 0.05) is 30.5 Å². The van der Waals surface area contributed by atoms with E-state index in [1.165, 1.54) is 0 Å². The zero-order valence-electron chi connectivity index (χ0n) is 12.1. The average molecular weight is 284 g/mol. The molecule has 0 saturated carbocycles. The van der Waals surface area contributed by atoms with Gasteiger partial charge in [-0.1, -0.05) is 30.3 Å². The van der Waals surface area contributed by atoms with Crippen molar-refractivity contribution < 1.29 is 9.53 Å². The molecule has 0 aliphatic heterocycles. The number of nitrogens with two attached hydrogens (primary N) is 1. The minimum Gasteiger partial charge on any atom is -0.399 e. The van der Waals surface area contributed by atoms with Crippen LogP contribution < -0.4 is 11.1 Å². The second-order valence-corrected chi connectivity index (χ2v) is 4.88. The molecule has 2 aromatic carbocycles. The first-order valence-corrected chi connectivity index (χ1v) is 6.90. The summed E-state index contributed by atoms with van der Waals surface area (Å²) in [6.07, 6.45) is 1.13. The summed E-state index contributed by atoms with van der Waals surface area (Å²) in [5.41, 5.74) is 9.25. The van der Waals surface area contributed by atoms with Crippen molar-refractivity contribution in [2.75, 3.05) is 18.2 Å². The van der Waals surface area contributed by atoms with Gasteiger partial charge in [0.25, 0.3) is 0 Å². The smallest absolute Gasteiger partial charge is 0.224 e. The number of carbonyl (C=O) groups excluding carboxylic acids is 1. The number of para-hydroxylation sites is 1. The quantitative estimate of drug-likeness (QED) is 0.801. The molecule has 0 unspecified atom stereocenters. The third-order valence-corrected chi connectivity index (χ3v) is 3.21. The molecule has 0 bridgehead atoms. The van der Waals surface area contributed by atoms with E-state index in [1.807, 2.05) is 48.5 Å². The van der Waals surface area contributed by atoms with E-state index in [9.17, 15) is 4.79 Å². The topological polar surface area (TPSA) is 64.3 Å². The number of benzene rings is 2. The van der Waals surface area contributed by atoms with Crippen LogP contribution in [0.3, 0.4) is 0 Å². The Bertz CT molecular complexity index is 594. The van der Waals surface area contributed by atoms with Gasteiger partial charge < -0.3 is 15.8 Å². The Morgan fingerprint density at radius 3 is 2.57 bits per heavy atom. The zero-order valence-corrected chi connectivity index (χ0v) is 12.1. The highest BCUT2D eigenvalue weighted by molar-refractivity contribution is 5.91. The third-order valence-electron chi connectivity index (χ3n) is 3.21. The van der Waals surface area contributed by atoms with Crippen molar-refractivity contribution in [2.45, 2.75) is 19.4 Å². The molecule has 0 heterocycles. The lowest BCUT2D eigenvalue weighted by molar-refractivity contribution is -0.116. The maximum atomic E-state index is 12.0. The van der Waals surface area contributed by atoms with Gasteiger partial charge >= 0.3 is 0 Å². The van der Waals surface area contributed by atoms with Crippen LogP contribution in [-0.2, 0) is 22.6 Å². The van der Waals surface area contributed by atoms with Gasteiger partial charge in [-0.25, -0.2) is 0 Å². The fourth-order valence-corrected chi connectivity index (χ4v) is 2.08. The number of anilines is 2. The third kappa shape index (κ3) is 4.61. The Morgan fingerprint density at radius 2 is 1.86 bits per heavy atom. The van der Waals surface area contributed by atoms with Crippen LogP contribution in [0.25, 0.3) is 0 Å². The van der Waals surface area contributed by atoms with E-state index in [2.05, 4.69) is 5.32 Å². The molecule has 0 radical (unpaired) electrons. The van der Waals surface area contributed by atoms with Crippen molar-refractivity contribution in [3.63, 3.8) is 0 Å². The summed E-state index contributed by atoms with van der Waals surface area (Å²) in [5.74, 6) is -0.00428. The SMILES string of the molecule is COCc1ccccc1NC(=O)CCc1ccc(N)cc1. The molecule has 0 atom stereocenters. The van der Waals surface area contributed by atoms with Crippen LogP contribution in [0.2, 0.25) is 0 Å². The molecule has 21 heavy (non-hydrogen) atoms. The van der Waals surface area contributed by atoms with Crippen LogP contribution in [0, 0.1) is 0 Å². The number of nitrogens with one attached hydrogen (secondary N) is 1. The van der Waals surface area contributed by atoms with Gasteiger partial charge in [-0.15, -0.1) is 0 Å². The van der Waals surface area contributed by atoms with Crippen LogP contribution in [-0.4, -0.2) is 13.0 Å². The van der Waals surface area contributed by atoms with Gasteiger partial charge in [0.2, 0.25) is 5.91 Å². The molecule has 0 aromatic heterocycles. The van der Waals surface area contributed by atoms with Gasteiger partial charge in [-0.3, -0.25) is 4.79 Å². The van der Waals surface area contributed by atoms with Gasteiger partial charge in [-0.2, -0.15) is 0 Å². The Kier molecular flexibility index (Phi) is 5.35. The molecule has 4 nitrogen and oxygen atoms in total. The summed E-state index contributed by atoms with van der Waals surface area (Å²) < 4.78 is 5.13. The number of amides is 1. The first kappa shape index (κ1) is 15.1. The van der Waals surface area contributed by atoms with Gasteiger partial charge in [-0.05, 0) is 30.2 Å². The van der Waals surface area contributed by atoms with Crippen molar-refractivity contribution >= 4 is 17.3 Å². The van der Waals surface area contributed by atoms with E-state index < -0.39 is 0 Å². The lowest BCUT2D eigenvalue weighted by Crippen LogP contribution is -2.13. The number of methoxy groups -OCH3 is 1. The molecule has 0 aliphatic carbocycles. The second-order valence-electron chi connectivity index (χ2n) is 4.88. The fourth-order valence-electron chi connectivity index (χ4n) is 2.08. The zero-order chi connectivity index (χ0) is 15.1. The number of carbonyl (C=O) groups is 1. The van der Waals surface area contributed by atoms with Gasteiger partial charge in [0.05, 0.1) is 6.61 Å². The lowest BCUT2D eigenvalue weighted by atomic mass is 10.1. The van der Waals surface area contributed by atoms with E-state index in [0.717, 1.165) is 22.5 Å². The highest BCUT2D eigenvalue weighted by Gasteiger charge is 2.06. The number of rotatable bonds is 6. The van der Waals surface area contributed by atoms with Crippen molar-refractivity contribution in [2.24, 2.45) is 0 Å². The number of nitrogen functional groups attached to an aromatic ring is 1. The van der Waals surface area contributed by atoms with Crippen LogP contribution in [0.15, 0.2) is 48.5 Å². The average Bonchev–Trinajstić information content (AvgIpc) is 2.49. The molecule has 2 aromatic rings. The molecule has 0 fully saturated rings. The minimum absolute atomic E-state index is 0.00428. The van der Waals surface area contributed by atoms with E-state index in [1.54, 1.807) is 7.11 Å². The van der Waals surface area contributed by atoms with Crippen LogP contribution in [0.1, 0.15) is 17.5 Å². The van der Waals surface area contributed by atoms with E-state index in [0.29, 0.717) is 19.4 Å². The molecule has 2 rings (SSSR count). The maximum absolute atomic E-state index is 12.0. The summed E-state index contributed by atoms with van der Waals surface area (Å²) >= 11 is 0. The normalized spacial score (nSPS) is 10.3. The Labute approximate surface area is 124 Å². The molecule has 110 valence electrons. The first-order valence-electron chi connectivity index (χ1n) is 6.90. The highest BCUT2D eigenvalue weighted by atomic mass is 16.5. The Hall–Kier alpha value is -2.33. The standard InChI is InChI=1S/C17H20N2O2/c1-21-12-14-4-2-3-5-16(14)19-17(20)11-8-13-6-9-15(18)10-7-13/h2-7,9-10H,8,11-12,18H2,1H3,(H,19,20). The van der Waals surface area contributed by atoms with Crippen molar-refractivity contribution in [3.8, 4) is 0 Å². The number of hydrogen-bond donors (Lipinski definition) is 2. The molecular formula is C17H20N2O2. The number of hydrogen-bond acceptors (Lipinski definition) is 3. The van der Waals surface area contributed by atoms with Crippen molar-refractivity contribution in [3.05, 3.63) is 59.7 Å². The van der Waals surface area contributed by atoms with Crippen LogP contribution in [0.4, 0.5) is 11.4 Å². The second kappa shape index (κ2) is 7.45. The van der Waals surface area contributed by atoms with Crippen molar-refractivity contribution in [1.82, 2.24) is 0 Å². The lowest BCUT2D eigenvalue weighted by Gasteiger charge is -2.10. The molecule has 1 amide bonds. The Balaban J connectivity index is 1.91. The van der Waals surface area contributed by atoms with Gasteiger partial charge in [0.1, 0.15) is 0 Å². The first-order chi connectivity index (χ1) is 10.2. The summed E-state index contributed by atoms with van der Waals surface area (Å²) in [5, 5.41) is 2.93. The molecular weight excluding hydrogens is 264 g/mol. The summed E-state index contributed by atoms with van der Waals surface area (Å²) in [7, 11) is 1.64. The summed E-state index contributed by atoms with van der Waals surface area (Å²) in [4.78, 5) is 12.0. The van der Waals surface area contributed by atoms with E-state index in [4.69, 9.17) is 10.5 Å². The van der Waals surface area contributed by atoms with Gasteiger partial charge in [0.15, 0.2) is 0 Å². The molecule has 3 N–H and O–H groups in total. The summed E-state index contributed by atoms with van der Waals surface area (Å²) in [6.45, 7) is 0.481. The molecule has 0 aliphatic rings. The predicted octanol–water partition coefficient (Wildman–Crippen LogP) is 2.99. The predicted molar refractivity (Wildman–Crippen MR) is 85.0 cm³/mol. The Morgan fingerprint density at radius 1 is 1.14 bits per heavy atom. The largest absolute Gasteiger partial charge is 0.399 e. The maximum Gasteiger partial charge on any atom is 0.224 e. The number of aryl methyl sites for hydroxylation is 1.